The predicted molar refractivity (Wildman–Crippen MR) is 99.4 cm³/mol. The number of carbonyl (C=O) groups is 1. The SMILES string of the molecule is CN(C)C(C(=O)N1CCC(CN2CCOCC2)CC1)c1ccccc1. The van der Waals surface area contributed by atoms with Gasteiger partial charge >= 0.3 is 0 Å². The summed E-state index contributed by atoms with van der Waals surface area (Å²) in [7, 11) is 3.97. The minimum Gasteiger partial charge on any atom is -0.379 e. The van der Waals surface area contributed by atoms with Crippen LogP contribution in [0.1, 0.15) is 24.4 Å². The number of rotatable bonds is 5. The Morgan fingerprint density at radius 2 is 1.76 bits per heavy atom. The number of carbonyl (C=O) groups excluding carboxylic acids is 1. The number of hydrogen-bond acceptors (Lipinski definition) is 4. The minimum atomic E-state index is -0.183. The number of piperidine rings is 1. The fourth-order valence-corrected chi connectivity index (χ4v) is 3.95. The molecule has 5 nitrogen and oxygen atoms in total. The van der Waals surface area contributed by atoms with Crippen LogP contribution in [-0.4, -0.2) is 80.6 Å². The fraction of sp³-hybridized carbons (Fsp3) is 0.650. The summed E-state index contributed by atoms with van der Waals surface area (Å²) in [5.74, 6) is 0.942. The molecule has 2 heterocycles. The number of amides is 1. The number of ether oxygens (including phenoxy) is 1. The molecule has 0 bridgehead atoms. The van der Waals surface area contributed by atoms with E-state index in [1.54, 1.807) is 0 Å². The lowest BCUT2D eigenvalue weighted by atomic mass is 9.94. The van der Waals surface area contributed by atoms with Crippen LogP contribution in [0.5, 0.6) is 0 Å². The van der Waals surface area contributed by atoms with Crippen molar-refractivity contribution in [3.63, 3.8) is 0 Å². The van der Waals surface area contributed by atoms with Crippen molar-refractivity contribution in [2.24, 2.45) is 5.92 Å². The molecular weight excluding hydrogens is 314 g/mol. The zero-order valence-electron chi connectivity index (χ0n) is 15.6. The molecule has 2 fully saturated rings. The molecule has 5 heteroatoms. The van der Waals surface area contributed by atoms with Crippen molar-refractivity contribution in [3.05, 3.63) is 35.9 Å². The quantitative estimate of drug-likeness (QED) is 0.816. The Labute approximate surface area is 151 Å². The molecule has 0 aliphatic carbocycles. The Hall–Kier alpha value is -1.43. The van der Waals surface area contributed by atoms with Gasteiger partial charge < -0.3 is 9.64 Å². The molecule has 1 aromatic carbocycles. The maximum atomic E-state index is 13.1. The highest BCUT2D eigenvalue weighted by molar-refractivity contribution is 5.83. The number of benzene rings is 1. The second-order valence-electron chi connectivity index (χ2n) is 7.46. The first-order chi connectivity index (χ1) is 12.1. The van der Waals surface area contributed by atoms with E-state index in [2.05, 4.69) is 9.80 Å². The third kappa shape index (κ3) is 4.81. The summed E-state index contributed by atoms with van der Waals surface area (Å²) in [4.78, 5) is 19.7. The van der Waals surface area contributed by atoms with Crippen molar-refractivity contribution in [3.8, 4) is 0 Å². The highest BCUT2D eigenvalue weighted by Crippen LogP contribution is 2.25. The summed E-state index contributed by atoms with van der Waals surface area (Å²) in [5.41, 5.74) is 1.08. The van der Waals surface area contributed by atoms with Crippen LogP contribution in [0.3, 0.4) is 0 Å². The van der Waals surface area contributed by atoms with Crippen LogP contribution in [0.2, 0.25) is 0 Å². The van der Waals surface area contributed by atoms with Gasteiger partial charge in [0.05, 0.1) is 13.2 Å². The first kappa shape index (κ1) is 18.4. The Bertz CT molecular complexity index is 535. The van der Waals surface area contributed by atoms with Gasteiger partial charge in [0, 0.05) is 32.7 Å². The molecule has 0 spiro atoms. The van der Waals surface area contributed by atoms with Gasteiger partial charge in [0.25, 0.3) is 0 Å². The fourth-order valence-electron chi connectivity index (χ4n) is 3.95. The van der Waals surface area contributed by atoms with Gasteiger partial charge in [0.1, 0.15) is 6.04 Å². The molecule has 1 atom stereocenters. The molecule has 2 aliphatic heterocycles. The van der Waals surface area contributed by atoms with E-state index in [9.17, 15) is 4.79 Å². The van der Waals surface area contributed by atoms with Crippen molar-refractivity contribution in [1.29, 1.82) is 0 Å². The molecule has 3 rings (SSSR count). The van der Waals surface area contributed by atoms with Gasteiger partial charge in [-0.25, -0.2) is 0 Å². The first-order valence-electron chi connectivity index (χ1n) is 9.45. The van der Waals surface area contributed by atoms with Gasteiger partial charge in [0.15, 0.2) is 0 Å². The Morgan fingerprint density at radius 3 is 2.36 bits per heavy atom. The minimum absolute atomic E-state index is 0.183. The van der Waals surface area contributed by atoms with Gasteiger partial charge in [-0.3, -0.25) is 14.6 Å². The van der Waals surface area contributed by atoms with Crippen molar-refractivity contribution >= 4 is 5.91 Å². The maximum Gasteiger partial charge on any atom is 0.244 e. The van der Waals surface area contributed by atoms with E-state index in [1.165, 1.54) is 0 Å². The molecule has 138 valence electrons. The smallest absolute Gasteiger partial charge is 0.244 e. The van der Waals surface area contributed by atoms with Crippen molar-refractivity contribution < 1.29 is 9.53 Å². The maximum absolute atomic E-state index is 13.1. The lowest BCUT2D eigenvalue weighted by Crippen LogP contribution is -2.47. The monoisotopic (exact) mass is 345 g/mol. The molecule has 1 unspecified atom stereocenters. The van der Waals surface area contributed by atoms with E-state index < -0.39 is 0 Å². The lowest BCUT2D eigenvalue weighted by molar-refractivity contribution is -0.137. The molecule has 0 N–H and O–H groups in total. The molecular formula is C20H31N3O2. The van der Waals surface area contributed by atoms with Crippen LogP contribution in [0, 0.1) is 5.92 Å². The average molecular weight is 345 g/mol. The van der Waals surface area contributed by atoms with Crippen LogP contribution in [0.15, 0.2) is 30.3 Å². The third-order valence-corrected chi connectivity index (χ3v) is 5.41. The summed E-state index contributed by atoms with van der Waals surface area (Å²) in [6, 6.07) is 9.93. The molecule has 1 aromatic rings. The van der Waals surface area contributed by atoms with E-state index >= 15 is 0 Å². The van der Waals surface area contributed by atoms with Gasteiger partial charge in [0.2, 0.25) is 5.91 Å². The molecule has 2 aliphatic rings. The standard InChI is InChI=1S/C20H31N3O2/c1-21(2)19(18-6-4-3-5-7-18)20(24)23-10-8-17(9-11-23)16-22-12-14-25-15-13-22/h3-7,17,19H,8-16H2,1-2H3. The number of morpholine rings is 1. The topological polar surface area (TPSA) is 36.0 Å². The summed E-state index contributed by atoms with van der Waals surface area (Å²) in [5, 5.41) is 0. The van der Waals surface area contributed by atoms with E-state index in [0.29, 0.717) is 5.92 Å². The number of nitrogens with zero attached hydrogens (tertiary/aromatic N) is 3. The number of likely N-dealkylation sites (tertiary alicyclic amines) is 1. The molecule has 2 saturated heterocycles. The zero-order valence-corrected chi connectivity index (χ0v) is 15.6. The lowest BCUT2D eigenvalue weighted by Gasteiger charge is -2.38. The van der Waals surface area contributed by atoms with Gasteiger partial charge in [-0.05, 0) is 38.4 Å². The van der Waals surface area contributed by atoms with E-state index in [1.807, 2.05) is 49.3 Å². The molecule has 1 amide bonds. The summed E-state index contributed by atoms with van der Waals surface area (Å²) in [6.45, 7) is 6.74. The van der Waals surface area contributed by atoms with E-state index in [0.717, 1.165) is 64.3 Å². The average Bonchev–Trinajstić information content (AvgIpc) is 2.64. The van der Waals surface area contributed by atoms with Crippen molar-refractivity contribution in [2.75, 3.05) is 60.0 Å². The third-order valence-electron chi connectivity index (χ3n) is 5.41. The molecule has 0 aromatic heterocycles. The Morgan fingerprint density at radius 1 is 1.12 bits per heavy atom. The summed E-state index contributed by atoms with van der Waals surface area (Å²) in [6.07, 6.45) is 2.22. The van der Waals surface area contributed by atoms with Crippen molar-refractivity contribution in [2.45, 2.75) is 18.9 Å². The summed E-state index contributed by atoms with van der Waals surface area (Å²) < 4.78 is 5.43. The van der Waals surface area contributed by atoms with Gasteiger partial charge in [-0.1, -0.05) is 30.3 Å². The Balaban J connectivity index is 1.55. The van der Waals surface area contributed by atoms with E-state index in [4.69, 9.17) is 4.74 Å². The largest absolute Gasteiger partial charge is 0.379 e. The zero-order chi connectivity index (χ0) is 17.6. The van der Waals surface area contributed by atoms with Crippen LogP contribution in [0.4, 0.5) is 0 Å². The van der Waals surface area contributed by atoms with Crippen molar-refractivity contribution in [1.82, 2.24) is 14.7 Å². The Kier molecular flexibility index (Phi) is 6.45. The van der Waals surface area contributed by atoms with Crippen LogP contribution in [0.25, 0.3) is 0 Å². The summed E-state index contributed by atoms with van der Waals surface area (Å²) >= 11 is 0. The molecule has 0 radical (unpaired) electrons. The van der Waals surface area contributed by atoms with Gasteiger partial charge in [-0.2, -0.15) is 0 Å². The second kappa shape index (κ2) is 8.79. The first-order valence-corrected chi connectivity index (χ1v) is 9.45. The highest BCUT2D eigenvalue weighted by atomic mass is 16.5. The predicted octanol–water partition coefficient (Wildman–Crippen LogP) is 1.86. The molecule has 0 saturated carbocycles. The van der Waals surface area contributed by atoms with Crippen LogP contribution in [-0.2, 0) is 9.53 Å². The normalized spacial score (nSPS) is 21.5. The van der Waals surface area contributed by atoms with Crippen LogP contribution < -0.4 is 0 Å². The van der Waals surface area contributed by atoms with E-state index in [-0.39, 0.29) is 11.9 Å². The second-order valence-corrected chi connectivity index (χ2v) is 7.46. The number of likely N-dealkylation sites (N-methyl/N-ethyl adjacent to an activating group) is 1. The van der Waals surface area contributed by atoms with Crippen LogP contribution >= 0.6 is 0 Å². The molecule has 25 heavy (non-hydrogen) atoms. The number of hydrogen-bond donors (Lipinski definition) is 0. The highest BCUT2D eigenvalue weighted by Gasteiger charge is 2.31. The van der Waals surface area contributed by atoms with Gasteiger partial charge in [-0.15, -0.1) is 0 Å².